The first-order valence-electron chi connectivity index (χ1n) is 6.44. The van der Waals surface area contributed by atoms with Crippen LogP contribution in [-0.4, -0.2) is 35.3 Å². The van der Waals surface area contributed by atoms with Crippen LogP contribution in [0.25, 0.3) is 0 Å². The number of hydrogen-bond acceptors (Lipinski definition) is 5. The highest BCUT2D eigenvalue weighted by molar-refractivity contribution is 5.95. The van der Waals surface area contributed by atoms with Crippen molar-refractivity contribution in [3.8, 4) is 0 Å². The molecular weight excluding hydrogens is 244 g/mol. The molecule has 1 aromatic rings. The number of nitrogens with one attached hydrogen (secondary N) is 1. The van der Waals surface area contributed by atoms with Gasteiger partial charge in [0.2, 0.25) is 0 Å². The molecule has 0 spiro atoms. The van der Waals surface area contributed by atoms with Gasteiger partial charge in [0.05, 0.1) is 6.61 Å². The van der Waals surface area contributed by atoms with Gasteiger partial charge in [-0.15, -0.1) is 0 Å². The van der Waals surface area contributed by atoms with Gasteiger partial charge in [-0.05, 0) is 37.0 Å². The molecule has 19 heavy (non-hydrogen) atoms. The Labute approximate surface area is 112 Å². The summed E-state index contributed by atoms with van der Waals surface area (Å²) in [6.45, 7) is 4.59. The van der Waals surface area contributed by atoms with Crippen LogP contribution < -0.4 is 11.1 Å². The second-order valence-corrected chi connectivity index (χ2v) is 4.83. The van der Waals surface area contributed by atoms with E-state index in [1.165, 1.54) is 0 Å². The molecule has 0 aliphatic carbocycles. The van der Waals surface area contributed by atoms with Crippen molar-refractivity contribution < 1.29 is 9.94 Å². The smallest absolute Gasteiger partial charge is 0.188 e. The summed E-state index contributed by atoms with van der Waals surface area (Å²) in [5, 5.41) is 15.1. The van der Waals surface area contributed by atoms with Gasteiger partial charge in [0.25, 0.3) is 0 Å². The van der Waals surface area contributed by atoms with E-state index in [0.29, 0.717) is 17.7 Å². The van der Waals surface area contributed by atoms with Gasteiger partial charge in [0.15, 0.2) is 5.84 Å². The number of ether oxygens (including phenoxy) is 1. The second-order valence-electron chi connectivity index (χ2n) is 4.83. The summed E-state index contributed by atoms with van der Waals surface area (Å²) in [6, 6.07) is 4.14. The van der Waals surface area contributed by atoms with Crippen LogP contribution >= 0.6 is 0 Å². The fourth-order valence-corrected chi connectivity index (χ4v) is 2.17. The summed E-state index contributed by atoms with van der Waals surface area (Å²) in [4.78, 5) is 4.05. The van der Waals surface area contributed by atoms with Crippen molar-refractivity contribution >= 4 is 5.84 Å². The first-order valence-corrected chi connectivity index (χ1v) is 6.44. The lowest BCUT2D eigenvalue weighted by molar-refractivity contribution is 0.178. The Morgan fingerprint density at radius 1 is 1.74 bits per heavy atom. The largest absolute Gasteiger partial charge is 0.409 e. The fraction of sp³-hybridized carbons (Fsp3) is 0.538. The Morgan fingerprint density at radius 2 is 2.58 bits per heavy atom. The number of rotatable bonds is 5. The van der Waals surface area contributed by atoms with E-state index in [4.69, 9.17) is 15.7 Å². The van der Waals surface area contributed by atoms with Gasteiger partial charge in [-0.3, -0.25) is 4.98 Å². The van der Waals surface area contributed by atoms with E-state index in [2.05, 4.69) is 22.4 Å². The molecule has 6 heteroatoms. The van der Waals surface area contributed by atoms with Gasteiger partial charge in [-0.2, -0.15) is 0 Å². The number of pyridine rings is 1. The third kappa shape index (κ3) is 3.65. The van der Waals surface area contributed by atoms with E-state index < -0.39 is 0 Å². The lowest BCUT2D eigenvalue weighted by Gasteiger charge is -2.19. The normalized spacial score (nSPS) is 21.5. The summed E-state index contributed by atoms with van der Waals surface area (Å²) < 4.78 is 5.39. The number of amidine groups is 1. The van der Waals surface area contributed by atoms with Crippen LogP contribution in [0.1, 0.15) is 24.6 Å². The van der Waals surface area contributed by atoms with Gasteiger partial charge in [-0.25, -0.2) is 0 Å². The van der Waals surface area contributed by atoms with E-state index in [0.717, 1.165) is 31.7 Å². The molecule has 0 radical (unpaired) electrons. The predicted molar refractivity (Wildman–Crippen MR) is 72.0 cm³/mol. The molecule has 2 rings (SSSR count). The van der Waals surface area contributed by atoms with Crippen molar-refractivity contribution in [1.82, 2.24) is 10.3 Å². The van der Waals surface area contributed by atoms with E-state index in [1.807, 2.05) is 12.1 Å². The van der Waals surface area contributed by atoms with Crippen LogP contribution in [-0.2, 0) is 11.3 Å². The molecule has 1 saturated heterocycles. The van der Waals surface area contributed by atoms with Crippen LogP contribution in [0, 0.1) is 5.92 Å². The molecule has 0 amide bonds. The lowest BCUT2D eigenvalue weighted by Crippen LogP contribution is -2.33. The van der Waals surface area contributed by atoms with Gasteiger partial charge < -0.3 is 21.0 Å². The Balaban J connectivity index is 1.92. The maximum atomic E-state index is 8.63. The highest BCUT2D eigenvalue weighted by Gasteiger charge is 2.21. The summed E-state index contributed by atoms with van der Waals surface area (Å²) >= 11 is 0. The van der Waals surface area contributed by atoms with Crippen molar-refractivity contribution in [3.05, 3.63) is 29.6 Å². The van der Waals surface area contributed by atoms with Gasteiger partial charge in [-0.1, -0.05) is 5.16 Å². The van der Waals surface area contributed by atoms with Crippen LogP contribution in [0.2, 0.25) is 0 Å². The third-order valence-electron chi connectivity index (χ3n) is 3.49. The summed E-state index contributed by atoms with van der Waals surface area (Å²) in [7, 11) is 0. The minimum atomic E-state index is 0.0269. The van der Waals surface area contributed by atoms with Gasteiger partial charge in [0, 0.05) is 25.4 Å². The number of hydrogen-bond donors (Lipinski definition) is 3. The van der Waals surface area contributed by atoms with Crippen LogP contribution in [0.3, 0.4) is 0 Å². The molecule has 2 heterocycles. The summed E-state index contributed by atoms with van der Waals surface area (Å²) in [5.74, 6) is 0.601. The standard InChI is InChI=1S/C13H20N4O2/c1-9(11-3-5-19-8-11)16-7-10-2-4-15-12(6-10)13(14)17-18/h2,4,6,9,11,16,18H,3,5,7-8H2,1H3,(H2,14,17). The maximum Gasteiger partial charge on any atom is 0.188 e. The number of aromatic nitrogens is 1. The maximum absolute atomic E-state index is 8.63. The highest BCUT2D eigenvalue weighted by Crippen LogP contribution is 2.16. The zero-order valence-corrected chi connectivity index (χ0v) is 11.0. The summed E-state index contributed by atoms with van der Waals surface area (Å²) in [6.07, 6.45) is 2.77. The molecule has 4 N–H and O–H groups in total. The third-order valence-corrected chi connectivity index (χ3v) is 3.49. The molecule has 2 unspecified atom stereocenters. The fourth-order valence-electron chi connectivity index (χ4n) is 2.17. The Kier molecular flexibility index (Phi) is 4.70. The predicted octanol–water partition coefficient (Wildman–Crippen LogP) is 0.691. The van der Waals surface area contributed by atoms with Crippen molar-refractivity contribution in [2.45, 2.75) is 25.9 Å². The number of oxime groups is 1. The molecule has 104 valence electrons. The molecule has 1 fully saturated rings. The van der Waals surface area contributed by atoms with E-state index in [-0.39, 0.29) is 5.84 Å². The van der Waals surface area contributed by atoms with Crippen molar-refractivity contribution in [3.63, 3.8) is 0 Å². The molecule has 0 saturated carbocycles. The van der Waals surface area contributed by atoms with Crippen LogP contribution in [0.15, 0.2) is 23.5 Å². The quantitative estimate of drug-likeness (QED) is 0.315. The zero-order chi connectivity index (χ0) is 13.7. The van der Waals surface area contributed by atoms with Gasteiger partial charge >= 0.3 is 0 Å². The minimum absolute atomic E-state index is 0.0269. The average Bonchev–Trinajstić information content (AvgIpc) is 2.98. The summed E-state index contributed by atoms with van der Waals surface area (Å²) in [5.41, 5.74) is 7.06. The molecule has 1 aliphatic heterocycles. The van der Waals surface area contributed by atoms with Crippen LogP contribution in [0.4, 0.5) is 0 Å². The molecular formula is C13H20N4O2. The molecule has 0 bridgehead atoms. The minimum Gasteiger partial charge on any atom is -0.409 e. The Morgan fingerprint density at radius 3 is 3.26 bits per heavy atom. The van der Waals surface area contributed by atoms with Crippen molar-refractivity contribution in [2.75, 3.05) is 13.2 Å². The van der Waals surface area contributed by atoms with Crippen molar-refractivity contribution in [2.24, 2.45) is 16.8 Å². The Hall–Kier alpha value is -1.66. The average molecular weight is 264 g/mol. The zero-order valence-electron chi connectivity index (χ0n) is 11.0. The topological polar surface area (TPSA) is 92.8 Å². The monoisotopic (exact) mass is 264 g/mol. The molecule has 1 aromatic heterocycles. The van der Waals surface area contributed by atoms with Crippen LogP contribution in [0.5, 0.6) is 0 Å². The highest BCUT2D eigenvalue weighted by atomic mass is 16.5. The Bertz CT molecular complexity index is 444. The van der Waals surface area contributed by atoms with E-state index in [9.17, 15) is 0 Å². The molecule has 6 nitrogen and oxygen atoms in total. The molecule has 1 aliphatic rings. The first-order chi connectivity index (χ1) is 9.20. The van der Waals surface area contributed by atoms with E-state index in [1.54, 1.807) is 6.20 Å². The lowest BCUT2D eigenvalue weighted by atomic mass is 10.0. The first kappa shape index (κ1) is 13.8. The van der Waals surface area contributed by atoms with Crippen molar-refractivity contribution in [1.29, 1.82) is 0 Å². The SMILES string of the molecule is CC(NCc1ccnc(/C(N)=N/O)c1)C1CCOC1. The van der Waals surface area contributed by atoms with Gasteiger partial charge in [0.1, 0.15) is 5.69 Å². The number of nitrogens with two attached hydrogens (primary N) is 1. The second kappa shape index (κ2) is 6.49. The molecule has 0 aromatic carbocycles. The number of nitrogens with zero attached hydrogens (tertiary/aromatic N) is 2. The molecule has 2 atom stereocenters. The van der Waals surface area contributed by atoms with E-state index >= 15 is 0 Å².